The summed E-state index contributed by atoms with van der Waals surface area (Å²) < 4.78 is 34.0. The first-order valence-electron chi connectivity index (χ1n) is 4.21. The Labute approximate surface area is 91.9 Å². The third kappa shape index (κ3) is 5.11. The second-order valence-corrected chi connectivity index (χ2v) is 6.01. The Hall–Kier alpha value is -0.650. The lowest BCUT2D eigenvalue weighted by molar-refractivity contribution is 0.198. The number of benzene rings is 1. The summed E-state index contributed by atoms with van der Waals surface area (Å²) in [6, 6.07) is 5.61. The van der Waals surface area contributed by atoms with Crippen molar-refractivity contribution < 1.29 is 17.9 Å². The first-order valence-corrected chi connectivity index (χ1v) is 6.69. The smallest absolute Gasteiger partial charge is 0.235 e. The van der Waals surface area contributed by atoms with Gasteiger partial charge in [0.1, 0.15) is 5.82 Å². The topological polar surface area (TPSA) is 54.4 Å². The molecule has 84 valence electrons. The van der Waals surface area contributed by atoms with Gasteiger partial charge in [-0.3, -0.25) is 0 Å². The van der Waals surface area contributed by atoms with E-state index in [0.29, 0.717) is 5.56 Å². The fourth-order valence-corrected chi connectivity index (χ4v) is 2.24. The second-order valence-electron chi connectivity index (χ2n) is 3.19. The van der Waals surface area contributed by atoms with Crippen molar-refractivity contribution in [1.29, 1.82) is 0 Å². The van der Waals surface area contributed by atoms with Gasteiger partial charge in [-0.1, -0.05) is 12.1 Å². The lowest BCUT2D eigenvalue weighted by atomic mass is 10.1. The van der Waals surface area contributed by atoms with Crippen LogP contribution in [0.1, 0.15) is 5.56 Å². The van der Waals surface area contributed by atoms with Gasteiger partial charge in [-0.25, -0.2) is 12.8 Å². The maximum Gasteiger partial charge on any atom is 0.235 e. The van der Waals surface area contributed by atoms with Gasteiger partial charge in [-0.2, -0.15) is 0 Å². The van der Waals surface area contributed by atoms with E-state index in [9.17, 15) is 17.9 Å². The third-order valence-corrected chi connectivity index (χ3v) is 2.91. The molecule has 0 amide bonds. The SMILES string of the molecule is O=S(=O)(Cl)CC(O)Cc1cccc(F)c1. The van der Waals surface area contributed by atoms with Crippen LogP contribution in [0.5, 0.6) is 0 Å². The van der Waals surface area contributed by atoms with E-state index in [-0.39, 0.29) is 6.42 Å². The molecule has 0 heterocycles. The van der Waals surface area contributed by atoms with E-state index in [1.165, 1.54) is 18.2 Å². The van der Waals surface area contributed by atoms with Gasteiger partial charge in [0, 0.05) is 10.7 Å². The van der Waals surface area contributed by atoms with Crippen LogP contribution in [0.25, 0.3) is 0 Å². The molecule has 0 aliphatic rings. The fourth-order valence-electron chi connectivity index (χ4n) is 1.22. The lowest BCUT2D eigenvalue weighted by Crippen LogP contribution is -2.19. The van der Waals surface area contributed by atoms with Gasteiger partial charge in [0.15, 0.2) is 0 Å². The van der Waals surface area contributed by atoms with E-state index in [1.54, 1.807) is 6.07 Å². The zero-order chi connectivity index (χ0) is 11.5. The summed E-state index contributed by atoms with van der Waals surface area (Å²) in [5, 5.41) is 9.34. The van der Waals surface area contributed by atoms with E-state index in [2.05, 4.69) is 0 Å². The van der Waals surface area contributed by atoms with Crippen LogP contribution in [0.4, 0.5) is 4.39 Å². The van der Waals surface area contributed by atoms with Crippen LogP contribution in [0.3, 0.4) is 0 Å². The Bertz CT molecular complexity index is 433. The Morgan fingerprint density at radius 3 is 2.67 bits per heavy atom. The van der Waals surface area contributed by atoms with Crippen LogP contribution in [0.15, 0.2) is 24.3 Å². The van der Waals surface area contributed by atoms with Gasteiger partial charge in [0.05, 0.1) is 11.9 Å². The molecule has 0 aromatic heterocycles. The van der Waals surface area contributed by atoms with Crippen molar-refractivity contribution in [3.63, 3.8) is 0 Å². The maximum absolute atomic E-state index is 12.7. The molecule has 3 nitrogen and oxygen atoms in total. The monoisotopic (exact) mass is 252 g/mol. The average Bonchev–Trinajstić information content (AvgIpc) is 1.99. The molecule has 0 bridgehead atoms. The van der Waals surface area contributed by atoms with Gasteiger partial charge in [0.25, 0.3) is 0 Å². The lowest BCUT2D eigenvalue weighted by Gasteiger charge is -2.08. The molecule has 0 radical (unpaired) electrons. The van der Waals surface area contributed by atoms with Crippen molar-refractivity contribution in [3.05, 3.63) is 35.6 Å². The highest BCUT2D eigenvalue weighted by molar-refractivity contribution is 8.13. The van der Waals surface area contributed by atoms with E-state index in [4.69, 9.17) is 10.7 Å². The van der Waals surface area contributed by atoms with Gasteiger partial charge in [-0.15, -0.1) is 0 Å². The van der Waals surface area contributed by atoms with E-state index in [0.717, 1.165) is 0 Å². The maximum atomic E-state index is 12.7. The number of rotatable bonds is 4. The summed E-state index contributed by atoms with van der Waals surface area (Å²) in [6.45, 7) is 0. The van der Waals surface area contributed by atoms with Gasteiger partial charge in [-0.05, 0) is 24.1 Å². The first kappa shape index (κ1) is 12.4. The molecule has 1 unspecified atom stereocenters. The average molecular weight is 253 g/mol. The third-order valence-electron chi connectivity index (χ3n) is 1.75. The van der Waals surface area contributed by atoms with Gasteiger partial charge >= 0.3 is 0 Å². The van der Waals surface area contributed by atoms with Crippen LogP contribution in [0, 0.1) is 5.82 Å². The van der Waals surface area contributed by atoms with Gasteiger partial charge < -0.3 is 5.11 Å². The molecule has 1 aromatic rings. The zero-order valence-corrected chi connectivity index (χ0v) is 9.30. The molecule has 1 atom stereocenters. The first-order chi connectivity index (χ1) is 6.87. The summed E-state index contributed by atoms with van der Waals surface area (Å²) in [7, 11) is 1.24. The zero-order valence-electron chi connectivity index (χ0n) is 7.73. The van der Waals surface area contributed by atoms with Crippen LogP contribution in [-0.2, 0) is 15.5 Å². The van der Waals surface area contributed by atoms with E-state index in [1.807, 2.05) is 0 Å². The summed E-state index contributed by atoms with van der Waals surface area (Å²) >= 11 is 0. The van der Waals surface area contributed by atoms with Crippen molar-refractivity contribution in [1.82, 2.24) is 0 Å². The standard InChI is InChI=1S/C9H10ClFO3S/c10-15(13,14)6-9(12)5-7-2-1-3-8(11)4-7/h1-4,9,12H,5-6H2. The quantitative estimate of drug-likeness (QED) is 0.822. The molecule has 0 spiro atoms. The molecule has 1 N–H and O–H groups in total. The molecule has 0 aliphatic heterocycles. The fraction of sp³-hybridized carbons (Fsp3) is 0.333. The predicted molar refractivity (Wildman–Crippen MR) is 55.8 cm³/mol. The van der Waals surface area contributed by atoms with Crippen molar-refractivity contribution in [2.24, 2.45) is 0 Å². The molecule has 0 aliphatic carbocycles. The Balaban J connectivity index is 2.63. The highest BCUT2D eigenvalue weighted by atomic mass is 35.7. The minimum absolute atomic E-state index is 0.0592. The second kappa shape index (κ2) is 4.92. The van der Waals surface area contributed by atoms with E-state index < -0.39 is 26.7 Å². The Morgan fingerprint density at radius 1 is 1.47 bits per heavy atom. The van der Waals surface area contributed by atoms with Gasteiger partial charge in [0.2, 0.25) is 9.05 Å². The summed E-state index contributed by atoms with van der Waals surface area (Å²) in [4.78, 5) is 0. The molecule has 0 saturated heterocycles. The molecule has 1 aromatic carbocycles. The highest BCUT2D eigenvalue weighted by Gasteiger charge is 2.14. The minimum Gasteiger partial charge on any atom is -0.392 e. The molecule has 15 heavy (non-hydrogen) atoms. The predicted octanol–water partition coefficient (Wildman–Crippen LogP) is 1.30. The van der Waals surface area contributed by atoms with Crippen LogP contribution in [0.2, 0.25) is 0 Å². The van der Waals surface area contributed by atoms with Crippen molar-refractivity contribution in [2.45, 2.75) is 12.5 Å². The van der Waals surface area contributed by atoms with E-state index >= 15 is 0 Å². The Morgan fingerprint density at radius 2 is 2.13 bits per heavy atom. The molecule has 0 saturated carbocycles. The van der Waals surface area contributed by atoms with Crippen LogP contribution >= 0.6 is 10.7 Å². The molecular formula is C9H10ClFO3S. The largest absolute Gasteiger partial charge is 0.392 e. The summed E-state index contributed by atoms with van der Waals surface area (Å²) in [5.74, 6) is -0.959. The summed E-state index contributed by atoms with van der Waals surface area (Å²) in [5.41, 5.74) is 0.530. The summed E-state index contributed by atoms with van der Waals surface area (Å²) in [6.07, 6.45) is -1.06. The van der Waals surface area contributed by atoms with Crippen molar-refractivity contribution >= 4 is 19.7 Å². The molecule has 1 rings (SSSR count). The number of hydrogen-bond donors (Lipinski definition) is 1. The van der Waals surface area contributed by atoms with Crippen molar-refractivity contribution in [3.8, 4) is 0 Å². The van der Waals surface area contributed by atoms with Crippen LogP contribution < -0.4 is 0 Å². The number of aliphatic hydroxyl groups is 1. The highest BCUT2D eigenvalue weighted by Crippen LogP contribution is 2.09. The number of aliphatic hydroxyl groups excluding tert-OH is 1. The minimum atomic E-state index is -3.73. The number of halogens is 2. The Kier molecular flexibility index (Phi) is 4.07. The van der Waals surface area contributed by atoms with Crippen LogP contribution in [-0.4, -0.2) is 25.4 Å². The molecular weight excluding hydrogens is 243 g/mol. The number of hydrogen-bond acceptors (Lipinski definition) is 3. The molecule has 6 heteroatoms. The molecule has 0 fully saturated rings. The normalized spacial score (nSPS) is 13.8. The van der Waals surface area contributed by atoms with Crippen molar-refractivity contribution in [2.75, 3.05) is 5.75 Å².